The largest absolute Gasteiger partial charge is 0.418 e. The van der Waals surface area contributed by atoms with Crippen molar-refractivity contribution < 1.29 is 18.0 Å². The molecule has 2 aromatic carbocycles. The van der Waals surface area contributed by atoms with E-state index in [1.165, 1.54) is 36.7 Å². The lowest BCUT2D eigenvalue weighted by Crippen LogP contribution is -2.17. The molecular weight excluding hydrogens is 355 g/mol. The van der Waals surface area contributed by atoms with Crippen molar-refractivity contribution in [3.8, 4) is 0 Å². The molecule has 2 N–H and O–H groups in total. The summed E-state index contributed by atoms with van der Waals surface area (Å²) in [6.45, 7) is 1.93. The number of pyridine rings is 1. The highest BCUT2D eigenvalue weighted by atomic mass is 19.4. The number of benzene rings is 2. The summed E-state index contributed by atoms with van der Waals surface area (Å²) in [7, 11) is 0. The number of nitrogens with zero attached hydrogens (tertiary/aromatic N) is 1. The Kier molecular flexibility index (Phi) is 5.12. The van der Waals surface area contributed by atoms with Crippen molar-refractivity contribution in [2.24, 2.45) is 0 Å². The summed E-state index contributed by atoms with van der Waals surface area (Å²) in [5, 5.41) is 5.45. The Balaban J connectivity index is 1.82. The normalized spacial score (nSPS) is 11.1. The molecule has 0 unspecified atom stereocenters. The van der Waals surface area contributed by atoms with Crippen molar-refractivity contribution in [3.63, 3.8) is 0 Å². The predicted molar refractivity (Wildman–Crippen MR) is 98.1 cm³/mol. The lowest BCUT2D eigenvalue weighted by molar-refractivity contribution is -0.136. The van der Waals surface area contributed by atoms with Gasteiger partial charge in [-0.2, -0.15) is 13.2 Å². The van der Waals surface area contributed by atoms with Gasteiger partial charge in [-0.05, 0) is 36.8 Å². The van der Waals surface area contributed by atoms with E-state index in [-0.39, 0.29) is 11.3 Å². The molecule has 138 valence electrons. The summed E-state index contributed by atoms with van der Waals surface area (Å²) in [6.07, 6.45) is -1.72. The highest BCUT2D eigenvalue weighted by molar-refractivity contribution is 6.05. The van der Waals surface area contributed by atoms with E-state index in [9.17, 15) is 18.0 Å². The number of aryl methyl sites for hydroxylation is 1. The molecule has 0 bridgehead atoms. The van der Waals surface area contributed by atoms with Gasteiger partial charge >= 0.3 is 6.18 Å². The molecule has 1 aromatic heterocycles. The van der Waals surface area contributed by atoms with Gasteiger partial charge in [-0.1, -0.05) is 30.3 Å². The van der Waals surface area contributed by atoms with Crippen LogP contribution >= 0.6 is 0 Å². The van der Waals surface area contributed by atoms with Crippen LogP contribution in [0.3, 0.4) is 0 Å². The molecule has 0 spiro atoms. The zero-order valence-corrected chi connectivity index (χ0v) is 14.3. The molecule has 3 aromatic rings. The highest BCUT2D eigenvalue weighted by Crippen LogP contribution is 2.34. The Bertz CT molecular complexity index is 970. The molecule has 0 saturated heterocycles. The number of para-hydroxylation sites is 2. The maximum atomic E-state index is 13.1. The number of rotatable bonds is 4. The van der Waals surface area contributed by atoms with E-state index in [1.807, 2.05) is 31.2 Å². The Morgan fingerprint density at radius 2 is 1.63 bits per heavy atom. The van der Waals surface area contributed by atoms with Crippen LogP contribution in [-0.2, 0) is 6.18 Å². The number of alkyl halides is 3. The van der Waals surface area contributed by atoms with Crippen molar-refractivity contribution in [3.05, 3.63) is 83.7 Å². The molecule has 1 amide bonds. The lowest BCUT2D eigenvalue weighted by atomic mass is 10.1. The van der Waals surface area contributed by atoms with Gasteiger partial charge in [-0.15, -0.1) is 0 Å². The summed E-state index contributed by atoms with van der Waals surface area (Å²) < 4.78 is 39.2. The molecule has 0 aliphatic carbocycles. The van der Waals surface area contributed by atoms with Crippen LogP contribution in [0.25, 0.3) is 0 Å². The molecule has 0 aliphatic rings. The summed E-state index contributed by atoms with van der Waals surface area (Å²) >= 11 is 0. The fraction of sp³-hybridized carbons (Fsp3) is 0.100. The summed E-state index contributed by atoms with van der Waals surface area (Å²) in [5.74, 6) is -0.673. The van der Waals surface area contributed by atoms with E-state index in [0.717, 1.165) is 17.3 Å². The van der Waals surface area contributed by atoms with E-state index in [2.05, 4.69) is 15.6 Å². The number of nitrogens with one attached hydrogen (secondary N) is 2. The maximum absolute atomic E-state index is 13.1. The highest BCUT2D eigenvalue weighted by Gasteiger charge is 2.33. The number of hydrogen-bond acceptors (Lipinski definition) is 3. The Hall–Kier alpha value is -3.35. The maximum Gasteiger partial charge on any atom is 0.418 e. The van der Waals surface area contributed by atoms with Crippen molar-refractivity contribution in [1.82, 2.24) is 4.98 Å². The van der Waals surface area contributed by atoms with Crippen LogP contribution in [0.1, 0.15) is 21.5 Å². The molecule has 0 radical (unpaired) electrons. The zero-order valence-electron chi connectivity index (χ0n) is 14.3. The van der Waals surface area contributed by atoms with Gasteiger partial charge in [0, 0.05) is 11.9 Å². The van der Waals surface area contributed by atoms with Crippen molar-refractivity contribution in [2.45, 2.75) is 13.1 Å². The van der Waals surface area contributed by atoms with Crippen LogP contribution in [0.2, 0.25) is 0 Å². The molecular formula is C20H16F3N3O. The minimum absolute atomic E-state index is 0.144. The first-order valence-corrected chi connectivity index (χ1v) is 8.10. The van der Waals surface area contributed by atoms with Gasteiger partial charge in [0.05, 0.1) is 28.7 Å². The van der Waals surface area contributed by atoms with Gasteiger partial charge in [-0.25, -0.2) is 0 Å². The van der Waals surface area contributed by atoms with Crippen LogP contribution in [0.15, 0.2) is 67.0 Å². The average Bonchev–Trinajstić information content (AvgIpc) is 2.63. The first-order valence-electron chi connectivity index (χ1n) is 8.10. The zero-order chi connectivity index (χ0) is 19.4. The van der Waals surface area contributed by atoms with Crippen LogP contribution in [-0.4, -0.2) is 10.9 Å². The molecule has 0 fully saturated rings. The fourth-order valence-corrected chi connectivity index (χ4v) is 2.53. The molecule has 0 aliphatic heterocycles. The Labute approximate surface area is 154 Å². The van der Waals surface area contributed by atoms with Crippen molar-refractivity contribution in [2.75, 3.05) is 10.6 Å². The Morgan fingerprint density at radius 3 is 2.33 bits per heavy atom. The standard InChI is InChI=1S/C20H16F3N3O/c1-13-6-2-4-8-17(13)25-15-10-14(11-24-12-15)19(27)26-18-9-5-3-7-16(18)20(21,22)23/h2-12,25H,1H3,(H,26,27). The van der Waals surface area contributed by atoms with Gasteiger partial charge in [0.1, 0.15) is 0 Å². The fourth-order valence-electron chi connectivity index (χ4n) is 2.53. The second-order valence-corrected chi connectivity index (χ2v) is 5.90. The number of carbonyl (C=O) groups is 1. The number of carbonyl (C=O) groups excluding carboxylic acids is 1. The summed E-state index contributed by atoms with van der Waals surface area (Å²) in [5.41, 5.74) is 1.35. The first kappa shape index (κ1) is 18.4. The van der Waals surface area contributed by atoms with Crippen LogP contribution < -0.4 is 10.6 Å². The first-order chi connectivity index (χ1) is 12.8. The van der Waals surface area contributed by atoms with Gasteiger partial charge in [0.25, 0.3) is 5.91 Å². The SMILES string of the molecule is Cc1ccccc1Nc1cncc(C(=O)Nc2ccccc2C(F)(F)F)c1. The molecule has 3 rings (SSSR count). The molecule has 4 nitrogen and oxygen atoms in total. The molecule has 0 atom stereocenters. The quantitative estimate of drug-likeness (QED) is 0.645. The Morgan fingerprint density at radius 1 is 0.963 bits per heavy atom. The van der Waals surface area contributed by atoms with Gasteiger partial charge in [0.15, 0.2) is 0 Å². The molecule has 0 saturated carbocycles. The third-order valence-electron chi connectivity index (χ3n) is 3.91. The van der Waals surface area contributed by atoms with Crippen molar-refractivity contribution in [1.29, 1.82) is 0 Å². The molecule has 1 heterocycles. The third-order valence-corrected chi connectivity index (χ3v) is 3.91. The topological polar surface area (TPSA) is 54.0 Å². The van der Waals surface area contributed by atoms with Crippen LogP contribution in [0.5, 0.6) is 0 Å². The van der Waals surface area contributed by atoms with Gasteiger partial charge in [0.2, 0.25) is 0 Å². The van der Waals surface area contributed by atoms with E-state index >= 15 is 0 Å². The average molecular weight is 371 g/mol. The van der Waals surface area contributed by atoms with Gasteiger partial charge < -0.3 is 10.6 Å². The minimum Gasteiger partial charge on any atom is -0.354 e. The van der Waals surface area contributed by atoms with E-state index in [4.69, 9.17) is 0 Å². The number of halogens is 3. The smallest absolute Gasteiger partial charge is 0.354 e. The molecule has 7 heteroatoms. The van der Waals surface area contributed by atoms with Crippen molar-refractivity contribution >= 4 is 23.0 Å². The number of aromatic nitrogens is 1. The summed E-state index contributed by atoms with van der Waals surface area (Å²) in [6, 6.07) is 13.9. The van der Waals surface area contributed by atoms with Gasteiger partial charge in [-0.3, -0.25) is 9.78 Å². The number of anilines is 3. The van der Waals surface area contributed by atoms with E-state index in [1.54, 1.807) is 0 Å². The summed E-state index contributed by atoms with van der Waals surface area (Å²) in [4.78, 5) is 16.4. The predicted octanol–water partition coefficient (Wildman–Crippen LogP) is 5.40. The number of hydrogen-bond donors (Lipinski definition) is 2. The third kappa shape index (κ3) is 4.44. The van der Waals surface area contributed by atoms with Crippen LogP contribution in [0, 0.1) is 6.92 Å². The minimum atomic E-state index is -4.56. The van der Waals surface area contributed by atoms with E-state index < -0.39 is 17.6 Å². The van der Waals surface area contributed by atoms with Crippen LogP contribution in [0.4, 0.5) is 30.2 Å². The number of amides is 1. The second-order valence-electron chi connectivity index (χ2n) is 5.90. The monoisotopic (exact) mass is 371 g/mol. The second kappa shape index (κ2) is 7.49. The van der Waals surface area contributed by atoms with E-state index in [0.29, 0.717) is 5.69 Å². The lowest BCUT2D eigenvalue weighted by Gasteiger charge is -2.14. The molecule has 27 heavy (non-hydrogen) atoms.